The first-order valence-corrected chi connectivity index (χ1v) is 7.93. The Bertz CT molecular complexity index is 555. The Hall–Kier alpha value is -2.24. The van der Waals surface area contributed by atoms with Gasteiger partial charge in [0.25, 0.3) is 5.91 Å². The zero-order valence-corrected chi connectivity index (χ0v) is 13.8. The predicted molar refractivity (Wildman–Crippen MR) is 87.5 cm³/mol. The van der Waals surface area contributed by atoms with Crippen LogP contribution in [0.2, 0.25) is 0 Å². The number of esters is 1. The summed E-state index contributed by atoms with van der Waals surface area (Å²) in [6.07, 6.45) is 6.88. The van der Waals surface area contributed by atoms with Crippen molar-refractivity contribution in [2.75, 3.05) is 7.11 Å². The second-order valence-corrected chi connectivity index (χ2v) is 5.49. The predicted octanol–water partition coefficient (Wildman–Crippen LogP) is 3.76. The molecule has 0 spiro atoms. The van der Waals surface area contributed by atoms with Crippen molar-refractivity contribution in [3.05, 3.63) is 48.1 Å². The van der Waals surface area contributed by atoms with Gasteiger partial charge in [0.1, 0.15) is 17.7 Å². The normalized spacial score (nSPS) is 11.6. The number of halogens is 2. The lowest BCUT2D eigenvalue weighted by Gasteiger charge is -2.16. The number of rotatable bonds is 10. The third kappa shape index (κ3) is 6.89. The van der Waals surface area contributed by atoms with Crippen LogP contribution in [0.1, 0.15) is 48.9 Å². The first-order chi connectivity index (χ1) is 11.5. The van der Waals surface area contributed by atoms with Gasteiger partial charge in [0.05, 0.1) is 7.11 Å². The SMILES string of the molecule is C=CCCCCCC[C@H](NC(=O)c1cc(F)cc(F)c1)C(=O)OC. The third-order valence-corrected chi connectivity index (χ3v) is 3.57. The van der Waals surface area contributed by atoms with Gasteiger partial charge in [0.15, 0.2) is 0 Å². The van der Waals surface area contributed by atoms with Gasteiger partial charge >= 0.3 is 5.97 Å². The monoisotopic (exact) mass is 339 g/mol. The van der Waals surface area contributed by atoms with Crippen molar-refractivity contribution in [1.82, 2.24) is 5.32 Å². The van der Waals surface area contributed by atoms with E-state index >= 15 is 0 Å². The van der Waals surface area contributed by atoms with E-state index in [1.54, 1.807) is 0 Å². The second-order valence-electron chi connectivity index (χ2n) is 5.49. The molecular weight excluding hydrogens is 316 g/mol. The van der Waals surface area contributed by atoms with Crippen LogP contribution in [-0.4, -0.2) is 25.0 Å². The summed E-state index contributed by atoms with van der Waals surface area (Å²) in [6.45, 7) is 3.65. The molecular formula is C18H23F2NO3. The number of methoxy groups -OCH3 is 1. The van der Waals surface area contributed by atoms with Crippen LogP contribution in [0.5, 0.6) is 0 Å². The highest BCUT2D eigenvalue weighted by Crippen LogP contribution is 2.11. The highest BCUT2D eigenvalue weighted by molar-refractivity contribution is 5.96. The topological polar surface area (TPSA) is 55.4 Å². The maximum absolute atomic E-state index is 13.2. The molecule has 0 aliphatic rings. The number of benzene rings is 1. The minimum Gasteiger partial charge on any atom is -0.467 e. The molecule has 1 aromatic carbocycles. The van der Waals surface area contributed by atoms with Crippen LogP contribution in [0, 0.1) is 11.6 Å². The Balaban J connectivity index is 2.60. The number of carbonyl (C=O) groups excluding carboxylic acids is 2. The molecule has 24 heavy (non-hydrogen) atoms. The van der Waals surface area contributed by atoms with Crippen LogP contribution in [0.25, 0.3) is 0 Å². The summed E-state index contributed by atoms with van der Waals surface area (Å²) < 4.78 is 31.0. The first-order valence-electron chi connectivity index (χ1n) is 7.93. The summed E-state index contributed by atoms with van der Waals surface area (Å²) in [5.41, 5.74) is -0.174. The number of amides is 1. The lowest BCUT2D eigenvalue weighted by molar-refractivity contribution is -0.143. The van der Waals surface area contributed by atoms with Crippen LogP contribution in [0.4, 0.5) is 8.78 Å². The minimum atomic E-state index is -0.850. The zero-order valence-electron chi connectivity index (χ0n) is 13.8. The Morgan fingerprint density at radius 1 is 1.17 bits per heavy atom. The summed E-state index contributed by atoms with van der Waals surface area (Å²) in [5.74, 6) is -2.99. The largest absolute Gasteiger partial charge is 0.467 e. The maximum atomic E-state index is 13.2. The van der Waals surface area contributed by atoms with Gasteiger partial charge in [-0.3, -0.25) is 4.79 Å². The van der Waals surface area contributed by atoms with Gasteiger partial charge in [-0.05, 0) is 31.4 Å². The molecule has 0 saturated carbocycles. The molecule has 0 aliphatic heterocycles. The molecule has 1 rings (SSSR count). The van der Waals surface area contributed by atoms with Crippen LogP contribution >= 0.6 is 0 Å². The van der Waals surface area contributed by atoms with Crippen molar-refractivity contribution in [1.29, 1.82) is 0 Å². The number of unbranched alkanes of at least 4 members (excludes halogenated alkanes) is 4. The number of hydrogen-bond donors (Lipinski definition) is 1. The number of hydrogen-bond acceptors (Lipinski definition) is 3. The summed E-state index contributed by atoms with van der Waals surface area (Å²) in [5, 5.41) is 2.48. The Morgan fingerprint density at radius 2 is 1.79 bits per heavy atom. The van der Waals surface area contributed by atoms with Crippen LogP contribution in [-0.2, 0) is 9.53 Å². The standard InChI is InChI=1S/C18H23F2NO3/c1-3-4-5-6-7-8-9-16(18(23)24-2)21-17(22)13-10-14(19)12-15(20)11-13/h3,10-12,16H,1,4-9H2,2H3,(H,21,22)/t16-/m0/s1. The molecule has 4 nitrogen and oxygen atoms in total. The van der Waals surface area contributed by atoms with Gasteiger partial charge < -0.3 is 10.1 Å². The van der Waals surface area contributed by atoms with E-state index in [4.69, 9.17) is 0 Å². The highest BCUT2D eigenvalue weighted by atomic mass is 19.1. The van der Waals surface area contributed by atoms with Crippen molar-refractivity contribution in [2.45, 2.75) is 44.6 Å². The zero-order chi connectivity index (χ0) is 17.9. The molecule has 1 aromatic rings. The number of allylic oxidation sites excluding steroid dienone is 1. The van der Waals surface area contributed by atoms with Gasteiger partial charge in [0.2, 0.25) is 0 Å². The van der Waals surface area contributed by atoms with Gasteiger partial charge in [-0.2, -0.15) is 0 Å². The average Bonchev–Trinajstić information content (AvgIpc) is 2.55. The smallest absolute Gasteiger partial charge is 0.328 e. The fourth-order valence-corrected chi connectivity index (χ4v) is 2.31. The molecule has 0 aromatic heterocycles. The molecule has 0 radical (unpaired) electrons. The fraction of sp³-hybridized carbons (Fsp3) is 0.444. The molecule has 132 valence electrons. The average molecular weight is 339 g/mol. The van der Waals surface area contributed by atoms with Crippen LogP contribution in [0.15, 0.2) is 30.9 Å². The Kier molecular flexibility index (Phi) is 8.68. The summed E-state index contributed by atoms with van der Waals surface area (Å²) in [6, 6.07) is 1.68. The van der Waals surface area contributed by atoms with E-state index < -0.39 is 29.6 Å². The first kappa shape index (κ1) is 19.8. The van der Waals surface area contributed by atoms with Crippen molar-refractivity contribution >= 4 is 11.9 Å². The summed E-state index contributed by atoms with van der Waals surface area (Å²) in [4.78, 5) is 23.9. The number of nitrogens with one attached hydrogen (secondary N) is 1. The number of ether oxygens (including phenoxy) is 1. The molecule has 0 aliphatic carbocycles. The van der Waals surface area contributed by atoms with E-state index in [1.165, 1.54) is 7.11 Å². The van der Waals surface area contributed by atoms with Gasteiger partial charge in [0, 0.05) is 11.6 Å². The van der Waals surface area contributed by atoms with E-state index in [1.807, 2.05) is 6.08 Å². The quantitative estimate of drug-likeness (QED) is 0.401. The van der Waals surface area contributed by atoms with E-state index in [0.29, 0.717) is 12.5 Å². The maximum Gasteiger partial charge on any atom is 0.328 e. The van der Waals surface area contributed by atoms with Crippen molar-refractivity contribution < 1.29 is 23.1 Å². The third-order valence-electron chi connectivity index (χ3n) is 3.57. The van der Waals surface area contributed by atoms with Gasteiger partial charge in [-0.15, -0.1) is 6.58 Å². The molecule has 0 bridgehead atoms. The molecule has 6 heteroatoms. The molecule has 1 N–H and O–H groups in total. The summed E-state index contributed by atoms with van der Waals surface area (Å²) >= 11 is 0. The van der Waals surface area contributed by atoms with Gasteiger partial charge in [-0.1, -0.05) is 25.3 Å². The van der Waals surface area contributed by atoms with E-state index in [2.05, 4.69) is 16.6 Å². The molecule has 0 fully saturated rings. The molecule has 0 unspecified atom stereocenters. The highest BCUT2D eigenvalue weighted by Gasteiger charge is 2.22. The Morgan fingerprint density at radius 3 is 2.38 bits per heavy atom. The molecule has 1 atom stereocenters. The van der Waals surface area contributed by atoms with Crippen LogP contribution < -0.4 is 5.32 Å². The van der Waals surface area contributed by atoms with E-state index in [0.717, 1.165) is 44.2 Å². The van der Waals surface area contributed by atoms with Crippen molar-refractivity contribution in [3.8, 4) is 0 Å². The minimum absolute atomic E-state index is 0.174. The summed E-state index contributed by atoms with van der Waals surface area (Å²) in [7, 11) is 1.23. The Labute approximate surface area is 140 Å². The second kappa shape index (κ2) is 10.5. The van der Waals surface area contributed by atoms with E-state index in [9.17, 15) is 18.4 Å². The molecule has 1 amide bonds. The van der Waals surface area contributed by atoms with E-state index in [-0.39, 0.29) is 5.56 Å². The van der Waals surface area contributed by atoms with Crippen molar-refractivity contribution in [3.63, 3.8) is 0 Å². The van der Waals surface area contributed by atoms with Crippen LogP contribution in [0.3, 0.4) is 0 Å². The molecule has 0 saturated heterocycles. The van der Waals surface area contributed by atoms with Crippen molar-refractivity contribution in [2.24, 2.45) is 0 Å². The lowest BCUT2D eigenvalue weighted by Crippen LogP contribution is -2.41. The molecule has 0 heterocycles. The fourth-order valence-electron chi connectivity index (χ4n) is 2.31. The lowest BCUT2D eigenvalue weighted by atomic mass is 10.1. The van der Waals surface area contributed by atoms with Gasteiger partial charge in [-0.25, -0.2) is 13.6 Å². The number of carbonyl (C=O) groups is 2.